The molecule has 0 aliphatic rings. The van der Waals surface area contributed by atoms with Gasteiger partial charge in [-0.15, -0.1) is 0 Å². The van der Waals surface area contributed by atoms with Gasteiger partial charge in [0.25, 0.3) is 0 Å². The normalized spacial score (nSPS) is 13.0. The number of ether oxygens (including phenoxy) is 3. The second kappa shape index (κ2) is 9.34. The van der Waals surface area contributed by atoms with Crippen molar-refractivity contribution in [2.24, 2.45) is 0 Å². The molecule has 1 atom stereocenters. The van der Waals surface area contributed by atoms with Crippen LogP contribution in [-0.2, 0) is 20.8 Å². The summed E-state index contributed by atoms with van der Waals surface area (Å²) in [6.45, 7) is 13.2. The molecule has 2 rings (SSSR count). The SMILES string of the molecule is C[C@H](COCc1cc(NC(=O)OC(C)(C)C)c2nccn2c1)NC(=O)OC(C)(C)C. The highest BCUT2D eigenvalue weighted by molar-refractivity contribution is 5.89. The van der Waals surface area contributed by atoms with Gasteiger partial charge in [-0.25, -0.2) is 14.6 Å². The minimum atomic E-state index is -0.603. The lowest BCUT2D eigenvalue weighted by Gasteiger charge is -2.22. The standard InChI is InChI=1S/C21H32N4O5/c1-14(23-18(26)29-20(2,3)4)12-28-13-15-10-16(17-22-8-9-25(17)11-15)24-19(27)30-21(5,6)7/h8-11,14H,12-13H2,1-7H3,(H,23,26)(H,24,27)/t14-/m1/s1. The molecule has 2 amide bonds. The Hall–Kier alpha value is -2.81. The van der Waals surface area contributed by atoms with Crippen LogP contribution in [0.2, 0.25) is 0 Å². The molecule has 9 nitrogen and oxygen atoms in total. The van der Waals surface area contributed by atoms with Crippen LogP contribution in [0.15, 0.2) is 24.7 Å². The largest absolute Gasteiger partial charge is 0.444 e. The highest BCUT2D eigenvalue weighted by atomic mass is 16.6. The molecule has 0 saturated heterocycles. The van der Waals surface area contributed by atoms with E-state index in [-0.39, 0.29) is 12.6 Å². The molecule has 0 unspecified atom stereocenters. The van der Waals surface area contributed by atoms with Gasteiger partial charge in [-0.2, -0.15) is 0 Å². The average molecular weight is 421 g/mol. The smallest absolute Gasteiger partial charge is 0.412 e. The molecule has 2 aromatic rings. The average Bonchev–Trinajstić information content (AvgIpc) is 2.99. The third-order valence-electron chi connectivity index (χ3n) is 3.58. The van der Waals surface area contributed by atoms with Crippen LogP contribution < -0.4 is 10.6 Å². The Bertz CT molecular complexity index is 880. The first kappa shape index (κ1) is 23.5. The molecule has 166 valence electrons. The van der Waals surface area contributed by atoms with Crippen molar-refractivity contribution in [1.29, 1.82) is 0 Å². The summed E-state index contributed by atoms with van der Waals surface area (Å²) in [6, 6.07) is 1.56. The number of hydrogen-bond donors (Lipinski definition) is 2. The van der Waals surface area contributed by atoms with E-state index < -0.39 is 23.4 Å². The monoisotopic (exact) mass is 420 g/mol. The van der Waals surface area contributed by atoms with Crippen molar-refractivity contribution in [1.82, 2.24) is 14.7 Å². The lowest BCUT2D eigenvalue weighted by molar-refractivity contribution is 0.0441. The van der Waals surface area contributed by atoms with Gasteiger partial charge >= 0.3 is 12.2 Å². The van der Waals surface area contributed by atoms with E-state index >= 15 is 0 Å². The van der Waals surface area contributed by atoms with E-state index in [1.165, 1.54) is 0 Å². The van der Waals surface area contributed by atoms with E-state index in [1.807, 2.05) is 33.9 Å². The molecule has 0 radical (unpaired) electrons. The molecule has 2 N–H and O–H groups in total. The van der Waals surface area contributed by atoms with Crippen LogP contribution in [-0.4, -0.2) is 45.4 Å². The number of nitrogens with one attached hydrogen (secondary N) is 2. The van der Waals surface area contributed by atoms with Gasteiger partial charge in [-0.3, -0.25) is 5.32 Å². The Morgan fingerprint density at radius 3 is 2.37 bits per heavy atom. The summed E-state index contributed by atoms with van der Waals surface area (Å²) in [7, 11) is 0. The first-order valence-electron chi connectivity index (χ1n) is 9.85. The maximum absolute atomic E-state index is 12.2. The van der Waals surface area contributed by atoms with Crippen LogP contribution in [0, 0.1) is 0 Å². The predicted molar refractivity (Wildman–Crippen MR) is 114 cm³/mol. The van der Waals surface area contributed by atoms with Gasteiger partial charge in [0.05, 0.1) is 24.9 Å². The molecule has 0 bridgehead atoms. The number of hydrogen-bond acceptors (Lipinski definition) is 6. The van der Waals surface area contributed by atoms with E-state index in [1.54, 1.807) is 43.6 Å². The van der Waals surface area contributed by atoms with Crippen molar-refractivity contribution in [3.63, 3.8) is 0 Å². The van der Waals surface area contributed by atoms with E-state index in [0.717, 1.165) is 5.56 Å². The molecule has 2 heterocycles. The molecule has 0 fully saturated rings. The molecule has 9 heteroatoms. The topological polar surface area (TPSA) is 103 Å². The van der Waals surface area contributed by atoms with Gasteiger partial charge < -0.3 is 23.9 Å². The lowest BCUT2D eigenvalue weighted by Crippen LogP contribution is -2.39. The van der Waals surface area contributed by atoms with Crippen molar-refractivity contribution in [3.05, 3.63) is 30.2 Å². The molecule has 2 aromatic heterocycles. The second-order valence-electron chi connectivity index (χ2n) is 9.11. The van der Waals surface area contributed by atoms with E-state index in [2.05, 4.69) is 15.6 Å². The molecule has 0 aliphatic carbocycles. The fourth-order valence-corrected chi connectivity index (χ4v) is 2.58. The lowest BCUT2D eigenvalue weighted by atomic mass is 10.2. The number of anilines is 1. The molecule has 0 saturated carbocycles. The van der Waals surface area contributed by atoms with Crippen molar-refractivity contribution >= 4 is 23.5 Å². The van der Waals surface area contributed by atoms with Gasteiger partial charge in [-0.1, -0.05) is 0 Å². The molecule has 0 spiro atoms. The molecular weight excluding hydrogens is 388 g/mol. The van der Waals surface area contributed by atoms with Gasteiger partial charge in [0.15, 0.2) is 5.65 Å². The Labute approximate surface area is 177 Å². The number of carbonyl (C=O) groups is 2. The summed E-state index contributed by atoms with van der Waals surface area (Å²) in [5, 5.41) is 5.47. The third-order valence-corrected chi connectivity index (χ3v) is 3.58. The number of alkyl carbamates (subject to hydrolysis) is 1. The number of carbonyl (C=O) groups excluding carboxylic acids is 2. The van der Waals surface area contributed by atoms with Crippen molar-refractivity contribution in [2.45, 2.75) is 72.3 Å². The van der Waals surface area contributed by atoms with Crippen LogP contribution in [0.4, 0.5) is 15.3 Å². The maximum Gasteiger partial charge on any atom is 0.412 e. The summed E-state index contributed by atoms with van der Waals surface area (Å²) in [6.07, 6.45) is 4.26. The quantitative estimate of drug-likeness (QED) is 0.729. The Morgan fingerprint density at radius 2 is 1.73 bits per heavy atom. The van der Waals surface area contributed by atoms with Crippen LogP contribution in [0.25, 0.3) is 5.65 Å². The van der Waals surface area contributed by atoms with Gasteiger partial charge in [0, 0.05) is 18.6 Å². The fraction of sp³-hybridized carbons (Fsp3) is 0.571. The van der Waals surface area contributed by atoms with Gasteiger partial charge in [-0.05, 0) is 60.1 Å². The van der Waals surface area contributed by atoms with E-state index in [9.17, 15) is 9.59 Å². The van der Waals surface area contributed by atoms with E-state index in [0.29, 0.717) is 17.9 Å². The minimum absolute atomic E-state index is 0.226. The zero-order valence-corrected chi connectivity index (χ0v) is 18.7. The van der Waals surface area contributed by atoms with Crippen LogP contribution >= 0.6 is 0 Å². The van der Waals surface area contributed by atoms with Crippen molar-refractivity contribution in [3.8, 4) is 0 Å². The van der Waals surface area contributed by atoms with Crippen molar-refractivity contribution < 1.29 is 23.8 Å². The number of fused-ring (bicyclic) bond motifs is 1. The van der Waals surface area contributed by atoms with E-state index in [4.69, 9.17) is 14.2 Å². The number of pyridine rings is 1. The Balaban J connectivity index is 1.96. The molecular formula is C21H32N4O5. The fourth-order valence-electron chi connectivity index (χ4n) is 2.58. The summed E-state index contributed by atoms with van der Waals surface area (Å²) in [4.78, 5) is 28.2. The first-order valence-corrected chi connectivity index (χ1v) is 9.85. The highest BCUT2D eigenvalue weighted by Gasteiger charge is 2.19. The number of rotatable bonds is 6. The highest BCUT2D eigenvalue weighted by Crippen LogP contribution is 2.20. The molecule has 30 heavy (non-hydrogen) atoms. The number of aromatic nitrogens is 2. The zero-order chi connectivity index (χ0) is 22.5. The number of nitrogens with zero attached hydrogens (tertiary/aromatic N) is 2. The number of imidazole rings is 1. The molecule has 0 aromatic carbocycles. The summed E-state index contributed by atoms with van der Waals surface area (Å²) < 4.78 is 18.1. The van der Waals surface area contributed by atoms with Crippen LogP contribution in [0.5, 0.6) is 0 Å². The van der Waals surface area contributed by atoms with Gasteiger partial charge in [0.1, 0.15) is 11.2 Å². The minimum Gasteiger partial charge on any atom is -0.444 e. The van der Waals surface area contributed by atoms with Crippen molar-refractivity contribution in [2.75, 3.05) is 11.9 Å². The summed E-state index contributed by atoms with van der Waals surface area (Å²) >= 11 is 0. The predicted octanol–water partition coefficient (Wildman–Crippen LogP) is 4.11. The number of amides is 2. The Kier molecular flexibility index (Phi) is 7.30. The van der Waals surface area contributed by atoms with Gasteiger partial charge in [0.2, 0.25) is 0 Å². The first-order chi connectivity index (χ1) is 13.8. The zero-order valence-electron chi connectivity index (χ0n) is 18.7. The molecule has 0 aliphatic heterocycles. The Morgan fingerprint density at radius 1 is 1.10 bits per heavy atom. The summed E-state index contributed by atoms with van der Waals surface area (Å²) in [5.41, 5.74) is 0.798. The maximum atomic E-state index is 12.2. The second-order valence-corrected chi connectivity index (χ2v) is 9.11. The third kappa shape index (κ3) is 7.90. The van der Waals surface area contributed by atoms with Crippen LogP contribution in [0.1, 0.15) is 54.0 Å². The van der Waals surface area contributed by atoms with Crippen LogP contribution in [0.3, 0.4) is 0 Å². The summed E-state index contributed by atoms with van der Waals surface area (Å²) in [5.74, 6) is 0.